The fourth-order valence-corrected chi connectivity index (χ4v) is 2.78. The normalized spacial score (nSPS) is 23.7. The Hall–Kier alpha value is -0.900. The summed E-state index contributed by atoms with van der Waals surface area (Å²) in [4.78, 5) is 26.3. The molecule has 1 aliphatic carbocycles. The second kappa shape index (κ2) is 7.21. The van der Waals surface area contributed by atoms with Gasteiger partial charge in [0.05, 0.1) is 13.2 Å². The third kappa shape index (κ3) is 4.30. The van der Waals surface area contributed by atoms with Gasteiger partial charge in [-0.15, -0.1) is 0 Å². The second-order valence-corrected chi connectivity index (χ2v) is 6.61. The average Bonchev–Trinajstić information content (AvgIpc) is 2.38. The Bertz CT molecular complexity index is 352. The Morgan fingerprint density at radius 1 is 1.30 bits per heavy atom. The van der Waals surface area contributed by atoms with Gasteiger partial charge in [-0.3, -0.25) is 14.5 Å². The summed E-state index contributed by atoms with van der Waals surface area (Å²) in [6.07, 6.45) is 4.80. The third-order valence-corrected chi connectivity index (χ3v) is 4.41. The van der Waals surface area contributed by atoms with Crippen molar-refractivity contribution in [3.8, 4) is 0 Å². The minimum absolute atomic E-state index is 0.0586. The Kier molecular flexibility index (Phi) is 6.18. The quantitative estimate of drug-likeness (QED) is 0.555. The lowest BCUT2D eigenvalue weighted by Crippen LogP contribution is -2.45. The molecule has 0 bridgehead atoms. The van der Waals surface area contributed by atoms with Crippen molar-refractivity contribution in [2.75, 3.05) is 20.2 Å². The van der Waals surface area contributed by atoms with Crippen molar-refractivity contribution in [1.29, 1.82) is 0 Å². The predicted octanol–water partition coefficient (Wildman–Crippen LogP) is 2.66. The molecule has 0 aromatic carbocycles. The molecular weight excluding hydrogens is 254 g/mol. The molecular formula is C16H29NO3. The van der Waals surface area contributed by atoms with Crippen LogP contribution in [0.3, 0.4) is 0 Å². The molecule has 4 nitrogen and oxygen atoms in total. The maximum atomic E-state index is 12.4. The molecule has 0 aromatic heterocycles. The molecule has 2 atom stereocenters. The van der Waals surface area contributed by atoms with Crippen LogP contribution >= 0.6 is 0 Å². The number of hydrogen-bond donors (Lipinski definition) is 0. The lowest BCUT2D eigenvalue weighted by atomic mass is 9.84. The molecule has 0 radical (unpaired) electrons. The van der Waals surface area contributed by atoms with E-state index in [1.807, 2.05) is 7.05 Å². The summed E-state index contributed by atoms with van der Waals surface area (Å²) in [5.41, 5.74) is -1.05. The van der Waals surface area contributed by atoms with Crippen LogP contribution in [0.15, 0.2) is 0 Å². The number of Topliss-reactive ketones (excluding diaryl/α,β-unsaturated/α-hetero) is 1. The molecule has 0 heterocycles. The number of rotatable bonds is 6. The molecule has 0 amide bonds. The highest BCUT2D eigenvalue weighted by atomic mass is 16.5. The Balaban J connectivity index is 2.58. The van der Waals surface area contributed by atoms with Gasteiger partial charge in [0.25, 0.3) is 0 Å². The van der Waals surface area contributed by atoms with Crippen molar-refractivity contribution in [3.05, 3.63) is 0 Å². The first-order chi connectivity index (χ1) is 9.28. The van der Waals surface area contributed by atoms with Gasteiger partial charge in [-0.1, -0.05) is 19.8 Å². The van der Waals surface area contributed by atoms with E-state index in [0.29, 0.717) is 19.2 Å². The minimum atomic E-state index is -1.05. The van der Waals surface area contributed by atoms with E-state index in [-0.39, 0.29) is 5.78 Å². The van der Waals surface area contributed by atoms with Crippen LogP contribution in [0.25, 0.3) is 0 Å². The summed E-state index contributed by atoms with van der Waals surface area (Å²) in [5, 5.41) is 0. The third-order valence-electron chi connectivity index (χ3n) is 4.41. The van der Waals surface area contributed by atoms with Crippen LogP contribution in [0.1, 0.15) is 53.4 Å². The van der Waals surface area contributed by atoms with Crippen LogP contribution in [0.5, 0.6) is 0 Å². The smallest absolute Gasteiger partial charge is 0.319 e. The van der Waals surface area contributed by atoms with Crippen molar-refractivity contribution >= 4 is 11.8 Å². The molecule has 1 saturated carbocycles. The van der Waals surface area contributed by atoms with Crippen molar-refractivity contribution in [2.24, 2.45) is 11.3 Å². The van der Waals surface area contributed by atoms with E-state index in [1.165, 1.54) is 12.8 Å². The number of nitrogens with zero attached hydrogens (tertiary/aromatic N) is 1. The van der Waals surface area contributed by atoms with E-state index in [4.69, 9.17) is 4.74 Å². The van der Waals surface area contributed by atoms with Gasteiger partial charge in [-0.2, -0.15) is 0 Å². The number of esters is 1. The zero-order valence-electron chi connectivity index (χ0n) is 13.6. The molecule has 20 heavy (non-hydrogen) atoms. The predicted molar refractivity (Wildman–Crippen MR) is 79.5 cm³/mol. The maximum Gasteiger partial charge on any atom is 0.319 e. The van der Waals surface area contributed by atoms with Crippen molar-refractivity contribution in [2.45, 2.75) is 59.4 Å². The summed E-state index contributed by atoms with van der Waals surface area (Å²) in [5.74, 6) is 0.247. The van der Waals surface area contributed by atoms with Gasteiger partial charge in [0.15, 0.2) is 5.78 Å². The van der Waals surface area contributed by atoms with Crippen LogP contribution in [-0.4, -0.2) is 42.9 Å². The highest BCUT2D eigenvalue weighted by molar-refractivity contribution is 6.03. The van der Waals surface area contributed by atoms with E-state index in [9.17, 15) is 9.59 Å². The summed E-state index contributed by atoms with van der Waals surface area (Å²) in [6, 6.07) is 0.459. The van der Waals surface area contributed by atoms with Crippen molar-refractivity contribution < 1.29 is 14.3 Å². The van der Waals surface area contributed by atoms with E-state index in [1.54, 1.807) is 20.8 Å². The summed E-state index contributed by atoms with van der Waals surface area (Å²) in [6.45, 7) is 7.97. The lowest BCUT2D eigenvalue weighted by Gasteiger charge is -2.35. The first-order valence-electron chi connectivity index (χ1n) is 7.69. The second-order valence-electron chi connectivity index (χ2n) is 6.61. The summed E-state index contributed by atoms with van der Waals surface area (Å²) < 4.78 is 4.99. The fraction of sp³-hybridized carbons (Fsp3) is 0.875. The van der Waals surface area contributed by atoms with Crippen LogP contribution < -0.4 is 0 Å². The number of hydrogen-bond acceptors (Lipinski definition) is 4. The van der Waals surface area contributed by atoms with Crippen molar-refractivity contribution in [1.82, 2.24) is 4.90 Å². The average molecular weight is 283 g/mol. The molecule has 0 spiro atoms. The number of carbonyl (C=O) groups is 2. The molecule has 4 heteroatoms. The van der Waals surface area contributed by atoms with Gasteiger partial charge in [0.1, 0.15) is 5.41 Å². The molecule has 0 aliphatic heterocycles. The highest BCUT2D eigenvalue weighted by Gasteiger charge is 2.38. The number of ether oxygens (including phenoxy) is 1. The molecule has 0 N–H and O–H groups in total. The zero-order valence-corrected chi connectivity index (χ0v) is 13.6. The molecule has 0 saturated heterocycles. The van der Waals surface area contributed by atoms with Gasteiger partial charge in [-0.25, -0.2) is 0 Å². The topological polar surface area (TPSA) is 46.6 Å². The van der Waals surface area contributed by atoms with E-state index in [0.717, 1.165) is 18.8 Å². The number of ketones is 1. The van der Waals surface area contributed by atoms with Crippen molar-refractivity contribution in [3.63, 3.8) is 0 Å². The van der Waals surface area contributed by atoms with Gasteiger partial charge < -0.3 is 4.74 Å². The molecule has 0 aromatic rings. The Labute approximate surface area is 122 Å². The SMILES string of the molecule is CCOC(=O)C(C)(C)C(=O)CN(C)C1CCCC(C)C1. The van der Waals surface area contributed by atoms with E-state index < -0.39 is 11.4 Å². The fourth-order valence-electron chi connectivity index (χ4n) is 2.78. The monoisotopic (exact) mass is 283 g/mol. The minimum Gasteiger partial charge on any atom is -0.465 e. The van der Waals surface area contributed by atoms with Gasteiger partial charge in [0, 0.05) is 6.04 Å². The lowest BCUT2D eigenvalue weighted by molar-refractivity contribution is -0.158. The van der Waals surface area contributed by atoms with E-state index in [2.05, 4.69) is 11.8 Å². The summed E-state index contributed by atoms with van der Waals surface area (Å²) in [7, 11) is 1.99. The van der Waals surface area contributed by atoms with Crippen LogP contribution in [-0.2, 0) is 14.3 Å². The molecule has 1 aliphatic rings. The number of carbonyl (C=O) groups excluding carboxylic acids is 2. The molecule has 116 valence electrons. The van der Waals surface area contributed by atoms with Gasteiger partial charge >= 0.3 is 5.97 Å². The zero-order chi connectivity index (χ0) is 15.3. The maximum absolute atomic E-state index is 12.4. The first kappa shape index (κ1) is 17.2. The van der Waals surface area contributed by atoms with Gasteiger partial charge in [0.2, 0.25) is 0 Å². The summed E-state index contributed by atoms with van der Waals surface area (Å²) >= 11 is 0. The highest BCUT2D eigenvalue weighted by Crippen LogP contribution is 2.27. The van der Waals surface area contributed by atoms with Crippen LogP contribution in [0.2, 0.25) is 0 Å². The van der Waals surface area contributed by atoms with Crippen LogP contribution in [0.4, 0.5) is 0 Å². The molecule has 1 rings (SSSR count). The molecule has 2 unspecified atom stereocenters. The first-order valence-corrected chi connectivity index (χ1v) is 7.69. The molecule has 1 fully saturated rings. The van der Waals surface area contributed by atoms with Gasteiger partial charge in [-0.05, 0) is 46.6 Å². The largest absolute Gasteiger partial charge is 0.465 e. The standard InChI is InChI=1S/C16H29NO3/c1-6-20-15(19)16(3,4)14(18)11-17(5)13-9-7-8-12(2)10-13/h12-13H,6-11H2,1-5H3. The Morgan fingerprint density at radius 2 is 1.95 bits per heavy atom. The van der Waals surface area contributed by atoms with Crippen LogP contribution in [0, 0.1) is 11.3 Å². The Morgan fingerprint density at radius 3 is 2.50 bits per heavy atom. The van der Waals surface area contributed by atoms with E-state index >= 15 is 0 Å². The number of likely N-dealkylation sites (N-methyl/N-ethyl adjacent to an activating group) is 1.